The lowest BCUT2D eigenvalue weighted by Crippen LogP contribution is -2.33. The number of nitrogens with one attached hydrogen (secondary N) is 1. The van der Waals surface area contributed by atoms with Gasteiger partial charge >= 0.3 is 0 Å². The van der Waals surface area contributed by atoms with E-state index < -0.39 is 0 Å². The molecule has 1 aromatic carbocycles. The van der Waals surface area contributed by atoms with Gasteiger partial charge in [-0.05, 0) is 43.4 Å². The molecule has 0 unspecified atom stereocenters. The number of carbonyl (C=O) groups is 1. The van der Waals surface area contributed by atoms with Crippen molar-refractivity contribution in [1.82, 2.24) is 0 Å². The van der Waals surface area contributed by atoms with E-state index in [0.29, 0.717) is 5.88 Å². The van der Waals surface area contributed by atoms with E-state index in [1.807, 2.05) is 24.3 Å². The first-order valence-corrected chi connectivity index (χ1v) is 7.70. The van der Waals surface area contributed by atoms with Crippen molar-refractivity contribution in [3.63, 3.8) is 0 Å². The van der Waals surface area contributed by atoms with Crippen LogP contribution in [0.5, 0.6) is 0 Å². The zero-order chi connectivity index (χ0) is 13.7. The smallest absolute Gasteiger partial charge is 0.230 e. The predicted octanol–water partition coefficient (Wildman–Crippen LogP) is 4.38. The third-order valence-corrected chi connectivity index (χ3v) is 4.50. The summed E-state index contributed by atoms with van der Waals surface area (Å²) in [6.45, 7) is 2.12. The van der Waals surface area contributed by atoms with Crippen LogP contribution in [0.2, 0.25) is 0 Å². The number of anilines is 1. The minimum absolute atomic E-state index is 0.130. The van der Waals surface area contributed by atoms with E-state index in [0.717, 1.165) is 31.4 Å². The first-order chi connectivity index (χ1) is 9.20. The van der Waals surface area contributed by atoms with Gasteiger partial charge in [0.05, 0.1) is 0 Å². The largest absolute Gasteiger partial charge is 0.326 e. The molecular weight excluding hydrogens is 258 g/mol. The number of aryl methyl sites for hydroxylation is 1. The molecule has 1 aromatic rings. The zero-order valence-electron chi connectivity index (χ0n) is 11.5. The molecule has 19 heavy (non-hydrogen) atoms. The Labute approximate surface area is 120 Å². The summed E-state index contributed by atoms with van der Waals surface area (Å²) in [5, 5.41) is 3.07. The van der Waals surface area contributed by atoms with Gasteiger partial charge in [0.15, 0.2) is 0 Å². The van der Waals surface area contributed by atoms with Gasteiger partial charge in [0.25, 0.3) is 0 Å². The van der Waals surface area contributed by atoms with Crippen molar-refractivity contribution in [2.75, 3.05) is 11.2 Å². The summed E-state index contributed by atoms with van der Waals surface area (Å²) in [5.74, 6) is 0.822. The highest BCUT2D eigenvalue weighted by Crippen LogP contribution is 2.41. The lowest BCUT2D eigenvalue weighted by molar-refractivity contribution is -0.125. The Hall–Kier alpha value is -1.02. The topological polar surface area (TPSA) is 29.1 Å². The number of alkyl halides is 1. The second-order valence-electron chi connectivity index (χ2n) is 5.43. The fourth-order valence-electron chi connectivity index (χ4n) is 2.92. The normalized spacial score (nSPS) is 17.4. The summed E-state index contributed by atoms with van der Waals surface area (Å²) in [6, 6.07) is 8.01. The molecule has 2 nitrogen and oxygen atoms in total. The van der Waals surface area contributed by atoms with E-state index in [9.17, 15) is 4.79 Å². The van der Waals surface area contributed by atoms with Gasteiger partial charge in [-0.25, -0.2) is 0 Å². The van der Waals surface area contributed by atoms with Gasteiger partial charge in [0.2, 0.25) is 5.91 Å². The first kappa shape index (κ1) is 14.4. The van der Waals surface area contributed by atoms with Gasteiger partial charge in [0.1, 0.15) is 0 Å². The third kappa shape index (κ3) is 3.30. The molecule has 0 aromatic heterocycles. The number of rotatable bonds is 5. The second kappa shape index (κ2) is 6.42. The Morgan fingerprint density at radius 3 is 2.42 bits per heavy atom. The molecule has 1 amide bonds. The summed E-state index contributed by atoms with van der Waals surface area (Å²) >= 11 is 5.71. The predicted molar refractivity (Wildman–Crippen MR) is 80.7 cm³/mol. The SMILES string of the molecule is CCC1(C(=O)Nc2ccc(CCCl)cc2)CCCC1. The summed E-state index contributed by atoms with van der Waals surface area (Å²) in [5.41, 5.74) is 1.97. The molecule has 0 radical (unpaired) electrons. The van der Waals surface area contributed by atoms with Crippen LogP contribution in [0.25, 0.3) is 0 Å². The minimum Gasteiger partial charge on any atom is -0.326 e. The van der Waals surface area contributed by atoms with Crippen LogP contribution in [0.1, 0.15) is 44.6 Å². The lowest BCUT2D eigenvalue weighted by atomic mass is 9.82. The monoisotopic (exact) mass is 279 g/mol. The standard InChI is InChI=1S/C16H22ClNO/c1-2-16(10-3-4-11-16)15(19)18-14-7-5-13(6-8-14)9-12-17/h5-8H,2-4,9-12H2,1H3,(H,18,19). The summed E-state index contributed by atoms with van der Waals surface area (Å²) in [6.07, 6.45) is 6.21. The maximum Gasteiger partial charge on any atom is 0.230 e. The average Bonchev–Trinajstić information content (AvgIpc) is 2.91. The number of hydrogen-bond donors (Lipinski definition) is 1. The summed E-state index contributed by atoms with van der Waals surface area (Å²) < 4.78 is 0. The van der Waals surface area contributed by atoms with Crippen LogP contribution in [0.3, 0.4) is 0 Å². The van der Waals surface area contributed by atoms with Crippen molar-refractivity contribution < 1.29 is 4.79 Å². The van der Waals surface area contributed by atoms with Crippen molar-refractivity contribution in [2.45, 2.75) is 45.4 Å². The number of amides is 1. The van der Waals surface area contributed by atoms with Crippen molar-refractivity contribution in [3.8, 4) is 0 Å². The first-order valence-electron chi connectivity index (χ1n) is 7.16. The number of benzene rings is 1. The third-order valence-electron chi connectivity index (χ3n) is 4.31. The number of carbonyl (C=O) groups excluding carboxylic acids is 1. The minimum atomic E-state index is -0.130. The Balaban J connectivity index is 2.02. The van der Waals surface area contributed by atoms with Crippen LogP contribution in [-0.4, -0.2) is 11.8 Å². The molecule has 1 aliphatic carbocycles. The molecule has 104 valence electrons. The molecule has 0 heterocycles. The second-order valence-corrected chi connectivity index (χ2v) is 5.81. The highest BCUT2D eigenvalue weighted by Gasteiger charge is 2.39. The molecular formula is C16H22ClNO. The molecule has 1 saturated carbocycles. The Morgan fingerprint density at radius 2 is 1.89 bits per heavy atom. The van der Waals surface area contributed by atoms with Crippen LogP contribution >= 0.6 is 11.6 Å². The molecule has 0 bridgehead atoms. The van der Waals surface area contributed by atoms with E-state index in [1.54, 1.807) is 0 Å². The molecule has 1 fully saturated rings. The van der Waals surface area contributed by atoms with Crippen molar-refractivity contribution in [1.29, 1.82) is 0 Å². The van der Waals surface area contributed by atoms with E-state index in [-0.39, 0.29) is 11.3 Å². The van der Waals surface area contributed by atoms with Gasteiger partial charge in [-0.3, -0.25) is 4.79 Å². The van der Waals surface area contributed by atoms with Crippen molar-refractivity contribution in [3.05, 3.63) is 29.8 Å². The lowest BCUT2D eigenvalue weighted by Gasteiger charge is -2.26. The summed E-state index contributed by atoms with van der Waals surface area (Å²) in [4.78, 5) is 12.4. The molecule has 0 aliphatic heterocycles. The maximum atomic E-state index is 12.4. The summed E-state index contributed by atoms with van der Waals surface area (Å²) in [7, 11) is 0. The van der Waals surface area contributed by atoms with Gasteiger partial charge in [-0.1, -0.05) is 31.9 Å². The zero-order valence-corrected chi connectivity index (χ0v) is 12.3. The highest BCUT2D eigenvalue weighted by atomic mass is 35.5. The molecule has 1 aliphatic rings. The van der Waals surface area contributed by atoms with Crippen molar-refractivity contribution >= 4 is 23.2 Å². The number of hydrogen-bond acceptors (Lipinski definition) is 1. The van der Waals surface area contributed by atoms with Crippen LogP contribution < -0.4 is 5.32 Å². The molecule has 3 heteroatoms. The van der Waals surface area contributed by atoms with E-state index >= 15 is 0 Å². The average molecular weight is 280 g/mol. The van der Waals surface area contributed by atoms with E-state index in [1.165, 1.54) is 18.4 Å². The molecule has 2 rings (SSSR count). The van der Waals surface area contributed by atoms with Gasteiger partial charge in [-0.15, -0.1) is 11.6 Å². The van der Waals surface area contributed by atoms with E-state index in [2.05, 4.69) is 12.2 Å². The maximum absolute atomic E-state index is 12.4. The quantitative estimate of drug-likeness (QED) is 0.797. The Bertz CT molecular complexity index is 421. The molecule has 0 atom stereocenters. The van der Waals surface area contributed by atoms with Gasteiger partial charge in [0, 0.05) is 17.0 Å². The van der Waals surface area contributed by atoms with Gasteiger partial charge < -0.3 is 5.32 Å². The Morgan fingerprint density at radius 1 is 1.26 bits per heavy atom. The van der Waals surface area contributed by atoms with Crippen LogP contribution in [0.4, 0.5) is 5.69 Å². The number of halogens is 1. The fourth-order valence-corrected chi connectivity index (χ4v) is 3.14. The highest BCUT2D eigenvalue weighted by molar-refractivity contribution is 6.18. The van der Waals surface area contributed by atoms with Crippen LogP contribution in [0.15, 0.2) is 24.3 Å². The van der Waals surface area contributed by atoms with E-state index in [4.69, 9.17) is 11.6 Å². The molecule has 0 saturated heterocycles. The fraction of sp³-hybridized carbons (Fsp3) is 0.562. The Kier molecular flexibility index (Phi) is 4.87. The molecule has 0 spiro atoms. The van der Waals surface area contributed by atoms with Crippen LogP contribution in [0, 0.1) is 5.41 Å². The molecule has 1 N–H and O–H groups in total. The van der Waals surface area contributed by atoms with Crippen LogP contribution in [-0.2, 0) is 11.2 Å². The van der Waals surface area contributed by atoms with Gasteiger partial charge in [-0.2, -0.15) is 0 Å². The van der Waals surface area contributed by atoms with Crippen molar-refractivity contribution in [2.24, 2.45) is 5.41 Å².